The predicted molar refractivity (Wildman–Crippen MR) is 48.3 cm³/mol. The normalized spacial score (nSPS) is 29.4. The van der Waals surface area contributed by atoms with E-state index in [1.165, 1.54) is 0 Å². The Morgan fingerprint density at radius 2 is 1.07 bits per heavy atom. The first-order valence-electron chi connectivity index (χ1n) is 4.89. The number of nitrogens with zero attached hydrogens (tertiary/aromatic N) is 3. The van der Waals surface area contributed by atoms with E-state index in [0.717, 1.165) is 39.3 Å². The van der Waals surface area contributed by atoms with Crippen molar-refractivity contribution in [1.29, 1.82) is 0 Å². The molecule has 0 aromatic rings. The summed E-state index contributed by atoms with van der Waals surface area (Å²) < 4.78 is 27.1. The van der Waals surface area contributed by atoms with Crippen LogP contribution in [-0.2, 0) is 0 Å². The van der Waals surface area contributed by atoms with E-state index in [1.807, 2.05) is 0 Å². The summed E-state index contributed by atoms with van der Waals surface area (Å²) in [4.78, 5) is 5.29. The molecule has 3 saturated heterocycles. The van der Waals surface area contributed by atoms with E-state index in [1.54, 1.807) is 14.7 Å². The Morgan fingerprint density at radius 1 is 0.786 bits per heavy atom. The van der Waals surface area contributed by atoms with E-state index in [0.29, 0.717) is 0 Å². The van der Waals surface area contributed by atoms with Crippen molar-refractivity contribution >= 4 is 11.6 Å². The molecule has 14 heavy (non-hydrogen) atoms. The Kier molecular flexibility index (Phi) is 1.71. The lowest BCUT2D eigenvalue weighted by Crippen LogP contribution is -2.63. The fourth-order valence-electron chi connectivity index (χ4n) is 2.22. The zero-order valence-corrected chi connectivity index (χ0v) is 8.47. The maximum absolute atomic E-state index is 13.6. The van der Waals surface area contributed by atoms with Crippen LogP contribution in [0.1, 0.15) is 0 Å². The molecule has 0 aliphatic carbocycles. The molecule has 3 aliphatic rings. The SMILES string of the molecule is FC(F)(Cl)C(N1CC1)(N1CC1)N1CC1. The lowest BCUT2D eigenvalue weighted by molar-refractivity contribution is -0.158. The van der Waals surface area contributed by atoms with Crippen LogP contribution in [0.25, 0.3) is 0 Å². The Labute approximate surface area is 86.2 Å². The Morgan fingerprint density at radius 3 is 1.21 bits per heavy atom. The first kappa shape index (κ1) is 9.27. The summed E-state index contributed by atoms with van der Waals surface area (Å²) in [5, 5.41) is -3.18. The molecule has 0 radical (unpaired) electrons. The minimum absolute atomic E-state index is 0.731. The molecular weight excluding hydrogens is 212 g/mol. The first-order chi connectivity index (χ1) is 6.57. The van der Waals surface area contributed by atoms with Crippen molar-refractivity contribution < 1.29 is 8.78 Å². The van der Waals surface area contributed by atoms with Gasteiger partial charge in [-0.3, -0.25) is 14.7 Å². The average molecular weight is 224 g/mol. The molecule has 3 fully saturated rings. The fraction of sp³-hybridized carbons (Fsp3) is 1.00. The van der Waals surface area contributed by atoms with Crippen molar-refractivity contribution in [3.8, 4) is 0 Å². The molecule has 0 bridgehead atoms. The molecule has 0 amide bonds. The van der Waals surface area contributed by atoms with Crippen LogP contribution in [-0.4, -0.2) is 65.1 Å². The summed E-state index contributed by atoms with van der Waals surface area (Å²) >= 11 is 5.30. The molecule has 0 spiro atoms. The van der Waals surface area contributed by atoms with E-state index in [4.69, 9.17) is 11.6 Å². The maximum atomic E-state index is 13.6. The highest BCUT2D eigenvalue weighted by Gasteiger charge is 2.70. The zero-order valence-electron chi connectivity index (χ0n) is 7.72. The minimum atomic E-state index is -3.18. The van der Waals surface area contributed by atoms with Crippen LogP contribution in [0.15, 0.2) is 0 Å². The van der Waals surface area contributed by atoms with Crippen LogP contribution in [0, 0.1) is 0 Å². The van der Waals surface area contributed by atoms with Crippen molar-refractivity contribution in [1.82, 2.24) is 14.7 Å². The summed E-state index contributed by atoms with van der Waals surface area (Å²) in [6.07, 6.45) is 0. The lowest BCUT2D eigenvalue weighted by atomic mass is 10.3. The lowest BCUT2D eigenvalue weighted by Gasteiger charge is -2.40. The van der Waals surface area contributed by atoms with E-state index < -0.39 is 11.2 Å². The van der Waals surface area contributed by atoms with Crippen molar-refractivity contribution in [2.24, 2.45) is 0 Å². The molecule has 0 aromatic carbocycles. The van der Waals surface area contributed by atoms with Gasteiger partial charge in [-0.25, -0.2) is 0 Å². The number of alkyl halides is 3. The minimum Gasteiger partial charge on any atom is -0.264 e. The number of halogens is 3. The molecule has 3 heterocycles. The zero-order chi connectivity index (χ0) is 9.97. The van der Waals surface area contributed by atoms with Gasteiger partial charge >= 0.3 is 5.38 Å². The molecule has 6 heteroatoms. The van der Waals surface area contributed by atoms with Crippen molar-refractivity contribution in [2.45, 2.75) is 11.2 Å². The Bertz CT molecular complexity index is 225. The fourth-order valence-corrected chi connectivity index (χ4v) is 2.58. The van der Waals surface area contributed by atoms with Gasteiger partial charge in [0.2, 0.25) is 5.79 Å². The number of hydrogen-bond donors (Lipinski definition) is 0. The van der Waals surface area contributed by atoms with Crippen LogP contribution in [0.4, 0.5) is 8.78 Å². The molecule has 3 nitrogen and oxygen atoms in total. The molecule has 3 aliphatic heterocycles. The summed E-state index contributed by atoms with van der Waals surface area (Å²) in [5.74, 6) is -1.30. The smallest absolute Gasteiger partial charge is 0.264 e. The topological polar surface area (TPSA) is 9.03 Å². The molecule has 80 valence electrons. The van der Waals surface area contributed by atoms with Crippen molar-refractivity contribution in [3.05, 3.63) is 0 Å². The predicted octanol–water partition coefficient (Wildman–Crippen LogP) is 0.419. The quantitative estimate of drug-likeness (QED) is 0.505. The molecule has 0 atom stereocenters. The highest BCUT2D eigenvalue weighted by Crippen LogP contribution is 2.50. The monoisotopic (exact) mass is 223 g/mol. The number of rotatable bonds is 4. The molecule has 0 saturated carbocycles. The number of hydrogen-bond acceptors (Lipinski definition) is 3. The van der Waals surface area contributed by atoms with E-state index >= 15 is 0 Å². The van der Waals surface area contributed by atoms with Gasteiger partial charge < -0.3 is 0 Å². The van der Waals surface area contributed by atoms with Crippen molar-refractivity contribution in [2.75, 3.05) is 39.3 Å². The summed E-state index contributed by atoms with van der Waals surface area (Å²) in [6.45, 7) is 4.39. The van der Waals surface area contributed by atoms with Gasteiger partial charge in [0, 0.05) is 39.3 Å². The molecule has 0 aromatic heterocycles. The van der Waals surface area contributed by atoms with Crippen LogP contribution >= 0.6 is 11.6 Å². The van der Waals surface area contributed by atoms with Crippen LogP contribution in [0.3, 0.4) is 0 Å². The second-order valence-electron chi connectivity index (χ2n) is 4.09. The molecule has 0 N–H and O–H groups in total. The third-order valence-electron chi connectivity index (χ3n) is 3.04. The maximum Gasteiger partial charge on any atom is 0.366 e. The van der Waals surface area contributed by atoms with Gasteiger partial charge in [0.15, 0.2) is 0 Å². The summed E-state index contributed by atoms with van der Waals surface area (Å²) in [7, 11) is 0. The van der Waals surface area contributed by atoms with Crippen LogP contribution in [0.5, 0.6) is 0 Å². The van der Waals surface area contributed by atoms with E-state index in [9.17, 15) is 8.78 Å². The third-order valence-corrected chi connectivity index (χ3v) is 3.30. The standard InChI is InChI=1S/C8H12ClF2N3/c9-7(10,11)8(12-1-2-12,13-3-4-13)14-5-6-14/h1-6H2. The van der Waals surface area contributed by atoms with Crippen LogP contribution in [0.2, 0.25) is 0 Å². The molecular formula is C8H12ClF2N3. The Balaban J connectivity index is 1.96. The van der Waals surface area contributed by atoms with Gasteiger partial charge in [0.25, 0.3) is 0 Å². The largest absolute Gasteiger partial charge is 0.366 e. The van der Waals surface area contributed by atoms with Gasteiger partial charge in [0.05, 0.1) is 0 Å². The third kappa shape index (κ3) is 1.13. The van der Waals surface area contributed by atoms with Gasteiger partial charge in [-0.05, 0) is 11.6 Å². The highest BCUT2D eigenvalue weighted by molar-refractivity contribution is 6.22. The summed E-state index contributed by atoms with van der Waals surface area (Å²) in [5.41, 5.74) is 0. The van der Waals surface area contributed by atoms with Gasteiger partial charge in [-0.15, -0.1) is 0 Å². The Hall–Kier alpha value is 0.0300. The molecule has 0 unspecified atom stereocenters. The molecule has 3 rings (SSSR count). The van der Waals surface area contributed by atoms with Gasteiger partial charge in [-0.2, -0.15) is 8.78 Å². The highest BCUT2D eigenvalue weighted by atomic mass is 35.5. The second kappa shape index (κ2) is 2.58. The average Bonchev–Trinajstić information content (AvgIpc) is 2.94. The summed E-state index contributed by atoms with van der Waals surface area (Å²) in [6, 6.07) is 0. The van der Waals surface area contributed by atoms with Gasteiger partial charge in [-0.1, -0.05) is 0 Å². The van der Waals surface area contributed by atoms with E-state index in [-0.39, 0.29) is 0 Å². The van der Waals surface area contributed by atoms with Gasteiger partial charge in [0.1, 0.15) is 0 Å². The van der Waals surface area contributed by atoms with Crippen molar-refractivity contribution in [3.63, 3.8) is 0 Å². The first-order valence-corrected chi connectivity index (χ1v) is 5.26. The van der Waals surface area contributed by atoms with Crippen LogP contribution < -0.4 is 0 Å². The second-order valence-corrected chi connectivity index (χ2v) is 4.57. The van der Waals surface area contributed by atoms with E-state index in [2.05, 4.69) is 0 Å².